The third-order valence-corrected chi connectivity index (χ3v) is 4.88. The Kier molecular flexibility index (Phi) is 6.69. The number of rotatable bonds is 8. The average molecular weight is 382 g/mol. The zero-order valence-corrected chi connectivity index (χ0v) is 14.7. The normalized spacial score (nSPS) is 11.1. The summed E-state index contributed by atoms with van der Waals surface area (Å²) in [6.07, 6.45) is -0.193. The fourth-order valence-corrected chi connectivity index (χ4v) is 3.26. The van der Waals surface area contributed by atoms with Crippen molar-refractivity contribution >= 4 is 33.4 Å². The van der Waals surface area contributed by atoms with Gasteiger partial charge in [0, 0.05) is 17.1 Å². The minimum absolute atomic E-state index is 0.00706. The number of hydrogen-bond acceptors (Lipinski definition) is 5. The SMILES string of the molecule is O=C(CCNS(=O)(=O)c1cccc(Cl)c1)OCC(=O)c1ccccc1. The standard InChI is InChI=1S/C17H16ClNO5S/c18-14-7-4-8-15(11-14)25(22,23)19-10-9-17(21)24-12-16(20)13-5-2-1-3-6-13/h1-8,11,19H,9-10,12H2. The van der Waals surface area contributed by atoms with Crippen LogP contribution in [0.5, 0.6) is 0 Å². The van der Waals surface area contributed by atoms with Crippen molar-refractivity contribution < 1.29 is 22.7 Å². The lowest BCUT2D eigenvalue weighted by Gasteiger charge is -2.07. The molecule has 0 saturated heterocycles. The zero-order chi connectivity index (χ0) is 18.3. The molecule has 6 nitrogen and oxygen atoms in total. The van der Waals surface area contributed by atoms with Gasteiger partial charge in [0.15, 0.2) is 12.4 Å². The van der Waals surface area contributed by atoms with Crippen molar-refractivity contribution in [2.75, 3.05) is 13.2 Å². The molecule has 8 heteroatoms. The molecular weight excluding hydrogens is 366 g/mol. The van der Waals surface area contributed by atoms with Gasteiger partial charge in [-0.2, -0.15) is 0 Å². The van der Waals surface area contributed by atoms with Crippen LogP contribution >= 0.6 is 11.6 Å². The van der Waals surface area contributed by atoms with E-state index in [9.17, 15) is 18.0 Å². The Hall–Kier alpha value is -2.22. The van der Waals surface area contributed by atoms with Crippen LogP contribution in [0.1, 0.15) is 16.8 Å². The van der Waals surface area contributed by atoms with Gasteiger partial charge in [0.25, 0.3) is 0 Å². The number of sulfonamides is 1. The quantitative estimate of drug-likeness (QED) is 0.560. The number of benzene rings is 2. The van der Waals surface area contributed by atoms with E-state index in [1.165, 1.54) is 18.2 Å². The Labute approximate surface area is 150 Å². The van der Waals surface area contributed by atoms with Gasteiger partial charge in [0.2, 0.25) is 10.0 Å². The Balaban J connectivity index is 1.78. The summed E-state index contributed by atoms with van der Waals surface area (Å²) >= 11 is 5.76. The second-order valence-electron chi connectivity index (χ2n) is 5.06. The topological polar surface area (TPSA) is 89.5 Å². The Morgan fingerprint density at radius 3 is 2.44 bits per heavy atom. The Morgan fingerprint density at radius 1 is 1.04 bits per heavy atom. The molecule has 0 aromatic heterocycles. The second kappa shape index (κ2) is 8.75. The molecule has 1 N–H and O–H groups in total. The van der Waals surface area contributed by atoms with Gasteiger partial charge in [-0.3, -0.25) is 9.59 Å². The zero-order valence-electron chi connectivity index (χ0n) is 13.1. The summed E-state index contributed by atoms with van der Waals surface area (Å²) in [6, 6.07) is 14.2. The van der Waals surface area contributed by atoms with E-state index in [0.29, 0.717) is 10.6 Å². The molecular formula is C17H16ClNO5S. The summed E-state index contributed by atoms with van der Waals surface area (Å²) in [5.74, 6) is -0.994. The summed E-state index contributed by atoms with van der Waals surface area (Å²) in [5.41, 5.74) is 0.442. The number of halogens is 1. The fourth-order valence-electron chi connectivity index (χ4n) is 1.93. The van der Waals surface area contributed by atoms with Crippen LogP contribution in [0.4, 0.5) is 0 Å². The molecule has 0 aliphatic heterocycles. The summed E-state index contributed by atoms with van der Waals surface area (Å²) in [7, 11) is -3.76. The number of ketones is 1. The summed E-state index contributed by atoms with van der Waals surface area (Å²) in [6.45, 7) is -0.531. The van der Waals surface area contributed by atoms with Crippen LogP contribution in [0.15, 0.2) is 59.5 Å². The first kappa shape index (κ1) is 19.1. The molecule has 0 spiro atoms. The predicted octanol–water partition coefficient (Wildman–Crippen LogP) is 2.43. The van der Waals surface area contributed by atoms with Gasteiger partial charge in [0.05, 0.1) is 11.3 Å². The molecule has 0 fully saturated rings. The van der Waals surface area contributed by atoms with E-state index in [1.54, 1.807) is 36.4 Å². The van der Waals surface area contributed by atoms with Crippen molar-refractivity contribution in [3.63, 3.8) is 0 Å². The lowest BCUT2D eigenvalue weighted by atomic mass is 10.1. The first-order valence-electron chi connectivity index (χ1n) is 7.37. The molecule has 25 heavy (non-hydrogen) atoms. The van der Waals surface area contributed by atoms with Gasteiger partial charge in [0.1, 0.15) is 0 Å². The molecule has 2 aromatic carbocycles. The Morgan fingerprint density at radius 2 is 1.76 bits per heavy atom. The van der Waals surface area contributed by atoms with E-state index >= 15 is 0 Å². The maximum Gasteiger partial charge on any atom is 0.307 e. The monoisotopic (exact) mass is 381 g/mol. The first-order valence-corrected chi connectivity index (χ1v) is 9.24. The molecule has 0 aliphatic carbocycles. The van der Waals surface area contributed by atoms with E-state index < -0.39 is 16.0 Å². The molecule has 132 valence electrons. The van der Waals surface area contributed by atoms with E-state index in [0.717, 1.165) is 0 Å². The van der Waals surface area contributed by atoms with Crippen molar-refractivity contribution in [2.24, 2.45) is 0 Å². The van der Waals surface area contributed by atoms with Crippen LogP contribution in [-0.4, -0.2) is 33.3 Å². The van der Waals surface area contributed by atoms with Gasteiger partial charge in [-0.1, -0.05) is 48.0 Å². The molecule has 0 aliphatic rings. The van der Waals surface area contributed by atoms with Crippen LogP contribution in [0.2, 0.25) is 5.02 Å². The molecule has 0 atom stereocenters. The number of esters is 1. The molecule has 0 radical (unpaired) electrons. The van der Waals surface area contributed by atoms with Gasteiger partial charge in [-0.25, -0.2) is 13.1 Å². The molecule has 0 unspecified atom stereocenters. The van der Waals surface area contributed by atoms with Crippen molar-refractivity contribution in [3.8, 4) is 0 Å². The van der Waals surface area contributed by atoms with E-state index in [1.807, 2.05) is 0 Å². The molecule has 0 amide bonds. The van der Waals surface area contributed by atoms with Gasteiger partial charge in [-0.15, -0.1) is 0 Å². The Bertz CT molecular complexity index is 852. The summed E-state index contributed by atoms with van der Waals surface area (Å²) < 4.78 is 31.2. The lowest BCUT2D eigenvalue weighted by Crippen LogP contribution is -2.27. The van der Waals surface area contributed by atoms with E-state index in [2.05, 4.69) is 4.72 Å². The number of Topliss-reactive ketones (excluding diaryl/α,β-unsaturated/α-hetero) is 1. The van der Waals surface area contributed by atoms with Gasteiger partial charge >= 0.3 is 5.97 Å². The van der Waals surface area contributed by atoms with Gasteiger partial charge in [-0.05, 0) is 18.2 Å². The third-order valence-electron chi connectivity index (χ3n) is 3.19. The minimum Gasteiger partial charge on any atom is -0.457 e. The molecule has 0 heterocycles. The highest BCUT2D eigenvalue weighted by Gasteiger charge is 2.15. The van der Waals surface area contributed by atoms with Crippen molar-refractivity contribution in [1.29, 1.82) is 0 Å². The number of hydrogen-bond donors (Lipinski definition) is 1. The number of ether oxygens (including phenoxy) is 1. The van der Waals surface area contributed by atoms with Crippen LogP contribution in [-0.2, 0) is 19.6 Å². The molecule has 0 bridgehead atoms. The highest BCUT2D eigenvalue weighted by molar-refractivity contribution is 7.89. The first-order chi connectivity index (χ1) is 11.9. The van der Waals surface area contributed by atoms with Gasteiger partial charge < -0.3 is 4.74 Å². The van der Waals surface area contributed by atoms with Crippen LogP contribution in [0, 0.1) is 0 Å². The highest BCUT2D eigenvalue weighted by Crippen LogP contribution is 2.15. The number of nitrogens with one attached hydrogen (secondary N) is 1. The smallest absolute Gasteiger partial charge is 0.307 e. The van der Waals surface area contributed by atoms with Crippen molar-refractivity contribution in [3.05, 3.63) is 65.2 Å². The van der Waals surface area contributed by atoms with Crippen LogP contribution in [0.3, 0.4) is 0 Å². The van der Waals surface area contributed by atoms with Crippen LogP contribution in [0.25, 0.3) is 0 Å². The third kappa shape index (κ3) is 5.97. The lowest BCUT2D eigenvalue weighted by molar-refractivity contribution is -0.142. The molecule has 2 aromatic rings. The predicted molar refractivity (Wildman–Crippen MR) is 93.0 cm³/mol. The van der Waals surface area contributed by atoms with Crippen LogP contribution < -0.4 is 4.72 Å². The minimum atomic E-state index is -3.76. The van der Waals surface area contributed by atoms with Crippen molar-refractivity contribution in [1.82, 2.24) is 4.72 Å². The number of carbonyl (C=O) groups is 2. The maximum atomic E-state index is 12.0. The van der Waals surface area contributed by atoms with E-state index in [4.69, 9.17) is 16.3 Å². The molecule has 2 rings (SSSR count). The van der Waals surface area contributed by atoms with Crippen molar-refractivity contribution in [2.45, 2.75) is 11.3 Å². The average Bonchev–Trinajstić information content (AvgIpc) is 2.60. The fraction of sp³-hybridized carbons (Fsp3) is 0.176. The highest BCUT2D eigenvalue weighted by atomic mass is 35.5. The number of carbonyl (C=O) groups excluding carboxylic acids is 2. The molecule has 0 saturated carbocycles. The van der Waals surface area contributed by atoms with E-state index in [-0.39, 0.29) is 30.3 Å². The summed E-state index contributed by atoms with van der Waals surface area (Å²) in [5, 5.41) is 0.293. The maximum absolute atomic E-state index is 12.0. The largest absolute Gasteiger partial charge is 0.457 e. The second-order valence-corrected chi connectivity index (χ2v) is 7.26. The summed E-state index contributed by atoms with van der Waals surface area (Å²) in [4.78, 5) is 23.4.